The quantitative estimate of drug-likeness (QED) is 0.703. The summed E-state index contributed by atoms with van der Waals surface area (Å²) in [7, 11) is 0. The molecule has 32 heavy (non-hydrogen) atoms. The van der Waals surface area contributed by atoms with Gasteiger partial charge in [0.2, 0.25) is 11.8 Å². The van der Waals surface area contributed by atoms with Crippen molar-refractivity contribution in [2.75, 3.05) is 6.54 Å². The number of amides is 2. The van der Waals surface area contributed by atoms with Crippen LogP contribution in [0.2, 0.25) is 0 Å². The maximum atomic E-state index is 14.3. The van der Waals surface area contributed by atoms with Crippen LogP contribution >= 0.6 is 0 Å². The highest BCUT2D eigenvalue weighted by atomic mass is 19.1. The van der Waals surface area contributed by atoms with Gasteiger partial charge in [0.25, 0.3) is 0 Å². The first-order chi connectivity index (χ1) is 15.1. The number of β-amino-alcohol motifs (C(OH)–C–C–N with tert-alkyl or cyclic N) is 1. The molecule has 2 amide bonds. The van der Waals surface area contributed by atoms with Crippen LogP contribution in [0.3, 0.4) is 0 Å². The van der Waals surface area contributed by atoms with Crippen molar-refractivity contribution in [2.45, 2.75) is 51.3 Å². The van der Waals surface area contributed by atoms with Crippen LogP contribution in [0.1, 0.15) is 56.0 Å². The second kappa shape index (κ2) is 9.44. The lowest BCUT2D eigenvalue weighted by molar-refractivity contribution is -0.141. The number of carbonyl (C=O) groups excluding carboxylic acids is 2. The van der Waals surface area contributed by atoms with Gasteiger partial charge in [-0.3, -0.25) is 9.59 Å². The van der Waals surface area contributed by atoms with Crippen LogP contribution in [-0.2, 0) is 9.59 Å². The number of nitriles is 1. The summed E-state index contributed by atoms with van der Waals surface area (Å²) >= 11 is 0. The van der Waals surface area contributed by atoms with E-state index in [1.807, 2.05) is 13.8 Å². The van der Waals surface area contributed by atoms with Crippen molar-refractivity contribution in [2.24, 2.45) is 5.92 Å². The van der Waals surface area contributed by atoms with Gasteiger partial charge in [0.15, 0.2) is 0 Å². The molecule has 1 aromatic carbocycles. The van der Waals surface area contributed by atoms with E-state index in [1.165, 1.54) is 18.0 Å². The number of hydrogen-bond donors (Lipinski definition) is 2. The fraction of sp³-hybridized carbons (Fsp3) is 0.455. The van der Waals surface area contributed by atoms with Gasteiger partial charge in [-0.05, 0) is 25.0 Å². The van der Waals surface area contributed by atoms with Gasteiger partial charge in [-0.25, -0.2) is 8.78 Å². The van der Waals surface area contributed by atoms with Crippen molar-refractivity contribution in [3.63, 3.8) is 0 Å². The minimum absolute atomic E-state index is 0.00965. The zero-order valence-electron chi connectivity index (χ0n) is 17.9. The summed E-state index contributed by atoms with van der Waals surface area (Å²) in [6.07, 6.45) is 0.528. The van der Waals surface area contributed by atoms with Crippen molar-refractivity contribution >= 4 is 11.8 Å². The lowest BCUT2D eigenvalue weighted by Crippen LogP contribution is -2.48. The first-order valence-corrected chi connectivity index (χ1v) is 10.2. The SMILES string of the molecule is CC(C)[C@@H](C(=O)N1C[C@H](O)C[C@H]1C(=O)N[C@H](C)c1cc(F)c(C#N)cc1F)c1ccno1. The van der Waals surface area contributed by atoms with Crippen molar-refractivity contribution in [1.82, 2.24) is 15.4 Å². The average Bonchev–Trinajstić information content (AvgIpc) is 3.38. The molecule has 2 aromatic rings. The summed E-state index contributed by atoms with van der Waals surface area (Å²) < 4.78 is 33.4. The van der Waals surface area contributed by atoms with Crippen molar-refractivity contribution < 1.29 is 28.0 Å². The fourth-order valence-electron chi connectivity index (χ4n) is 3.97. The van der Waals surface area contributed by atoms with Gasteiger partial charge in [-0.15, -0.1) is 0 Å². The number of aromatic nitrogens is 1. The molecule has 1 saturated heterocycles. The van der Waals surface area contributed by atoms with E-state index in [-0.39, 0.29) is 24.4 Å². The molecule has 1 fully saturated rings. The zero-order chi connectivity index (χ0) is 23.6. The summed E-state index contributed by atoms with van der Waals surface area (Å²) in [5.41, 5.74) is -0.569. The standard InChI is InChI=1S/C22H24F2N4O4/c1-11(2)20(19-4-5-26-32-19)22(31)28-10-14(29)7-18(28)21(30)27-12(3)15-8-16(23)13(9-25)6-17(15)24/h4-6,8,11-12,14,18,20,29H,7,10H2,1-3H3,(H,27,30)/t12-,14-,18+,20-/m1/s1. The van der Waals surface area contributed by atoms with E-state index < -0.39 is 53.1 Å². The Kier molecular flexibility index (Phi) is 6.89. The Morgan fingerprint density at radius 3 is 2.62 bits per heavy atom. The predicted molar refractivity (Wildman–Crippen MR) is 108 cm³/mol. The topological polar surface area (TPSA) is 119 Å². The number of halogens is 2. The third-order valence-electron chi connectivity index (χ3n) is 5.59. The fourth-order valence-corrected chi connectivity index (χ4v) is 3.97. The maximum absolute atomic E-state index is 14.3. The number of nitrogens with one attached hydrogen (secondary N) is 1. The second-order valence-electron chi connectivity index (χ2n) is 8.23. The predicted octanol–water partition coefficient (Wildman–Crippen LogP) is 2.40. The van der Waals surface area contributed by atoms with Crippen LogP contribution in [0.5, 0.6) is 0 Å². The largest absolute Gasteiger partial charge is 0.391 e. The number of hydrogen-bond acceptors (Lipinski definition) is 6. The van der Waals surface area contributed by atoms with E-state index in [4.69, 9.17) is 9.78 Å². The monoisotopic (exact) mass is 446 g/mol. The Labute approximate surface area is 183 Å². The summed E-state index contributed by atoms with van der Waals surface area (Å²) in [6.45, 7) is 5.08. The zero-order valence-corrected chi connectivity index (χ0v) is 17.9. The average molecular weight is 446 g/mol. The highest BCUT2D eigenvalue weighted by molar-refractivity contribution is 5.91. The maximum Gasteiger partial charge on any atom is 0.243 e. The smallest absolute Gasteiger partial charge is 0.243 e. The summed E-state index contributed by atoms with van der Waals surface area (Å²) in [5.74, 6) is -3.23. The van der Waals surface area contributed by atoms with Gasteiger partial charge in [-0.1, -0.05) is 19.0 Å². The van der Waals surface area contributed by atoms with E-state index in [1.54, 1.807) is 12.1 Å². The molecule has 10 heteroatoms. The molecule has 1 aliphatic heterocycles. The molecule has 3 rings (SSSR count). The van der Waals surface area contributed by atoms with Crippen LogP contribution in [0.25, 0.3) is 0 Å². The van der Waals surface area contributed by atoms with Gasteiger partial charge >= 0.3 is 0 Å². The Morgan fingerprint density at radius 1 is 1.31 bits per heavy atom. The molecule has 0 unspecified atom stereocenters. The number of benzene rings is 1. The molecule has 2 heterocycles. The van der Waals surface area contributed by atoms with E-state index in [0.717, 1.165) is 12.1 Å². The van der Waals surface area contributed by atoms with Gasteiger partial charge in [0.1, 0.15) is 35.4 Å². The lowest BCUT2D eigenvalue weighted by atomic mass is 9.91. The van der Waals surface area contributed by atoms with Crippen molar-refractivity contribution in [3.05, 3.63) is 52.9 Å². The van der Waals surface area contributed by atoms with E-state index >= 15 is 0 Å². The third-order valence-corrected chi connectivity index (χ3v) is 5.59. The van der Waals surface area contributed by atoms with Crippen LogP contribution in [0.15, 0.2) is 28.9 Å². The molecule has 4 atom stereocenters. The van der Waals surface area contributed by atoms with Crippen molar-refractivity contribution in [1.29, 1.82) is 5.26 Å². The van der Waals surface area contributed by atoms with Gasteiger partial charge in [0, 0.05) is 24.6 Å². The normalized spacial score (nSPS) is 20.1. The molecular weight excluding hydrogens is 422 g/mol. The minimum atomic E-state index is -0.990. The molecular formula is C22H24F2N4O4. The molecule has 0 bridgehead atoms. The highest BCUT2D eigenvalue weighted by Crippen LogP contribution is 2.31. The molecule has 2 N–H and O–H groups in total. The van der Waals surface area contributed by atoms with E-state index in [9.17, 15) is 23.5 Å². The summed E-state index contributed by atoms with van der Waals surface area (Å²) in [4.78, 5) is 27.5. The Balaban J connectivity index is 1.80. The summed E-state index contributed by atoms with van der Waals surface area (Å²) in [6, 6.07) is 2.84. The van der Waals surface area contributed by atoms with Crippen LogP contribution in [0, 0.1) is 28.9 Å². The number of carbonyl (C=O) groups is 2. The number of aliphatic hydroxyl groups is 1. The van der Waals surface area contributed by atoms with Crippen LogP contribution in [0.4, 0.5) is 8.78 Å². The van der Waals surface area contributed by atoms with Crippen LogP contribution < -0.4 is 5.32 Å². The molecule has 0 aliphatic carbocycles. The van der Waals surface area contributed by atoms with E-state index in [2.05, 4.69) is 10.5 Å². The first-order valence-electron chi connectivity index (χ1n) is 10.2. The molecule has 1 aliphatic rings. The van der Waals surface area contributed by atoms with Crippen LogP contribution in [-0.4, -0.2) is 45.7 Å². The second-order valence-corrected chi connectivity index (χ2v) is 8.23. The number of likely N-dealkylation sites (tertiary alicyclic amines) is 1. The number of nitrogens with zero attached hydrogens (tertiary/aromatic N) is 3. The van der Waals surface area contributed by atoms with Crippen molar-refractivity contribution in [3.8, 4) is 6.07 Å². The van der Waals surface area contributed by atoms with Gasteiger partial charge in [0.05, 0.1) is 23.9 Å². The lowest BCUT2D eigenvalue weighted by Gasteiger charge is -2.29. The first kappa shape index (κ1) is 23.3. The van der Waals surface area contributed by atoms with Gasteiger partial charge < -0.3 is 19.8 Å². The number of rotatable bonds is 6. The molecule has 0 radical (unpaired) electrons. The Hall–Kier alpha value is -3.32. The Bertz CT molecular complexity index is 1040. The highest BCUT2D eigenvalue weighted by Gasteiger charge is 2.43. The molecule has 8 nitrogen and oxygen atoms in total. The summed E-state index contributed by atoms with van der Waals surface area (Å²) in [5, 5.41) is 25.2. The third kappa shape index (κ3) is 4.62. The van der Waals surface area contributed by atoms with E-state index in [0.29, 0.717) is 5.76 Å². The minimum Gasteiger partial charge on any atom is -0.391 e. The molecule has 0 saturated carbocycles. The number of aliphatic hydroxyl groups excluding tert-OH is 1. The molecule has 170 valence electrons. The Morgan fingerprint density at radius 2 is 2.03 bits per heavy atom. The van der Waals surface area contributed by atoms with Gasteiger partial charge in [-0.2, -0.15) is 5.26 Å². The molecule has 1 aromatic heterocycles. The molecule has 0 spiro atoms.